The molecule has 80 valence electrons. The van der Waals surface area contributed by atoms with E-state index in [0.717, 1.165) is 0 Å². The Kier molecular flexibility index (Phi) is 10.9. The fraction of sp³-hybridized carbons (Fsp3) is 0.778. The van der Waals surface area contributed by atoms with Crippen molar-refractivity contribution in [3.05, 3.63) is 12.3 Å². The smallest absolute Gasteiger partial charge is 0.0895 e. The fourth-order valence-electron chi connectivity index (χ4n) is 0.436. The number of aliphatic hydroxyl groups excluding tert-OH is 2. The quantitative estimate of drug-likeness (QED) is 0.508. The van der Waals surface area contributed by atoms with E-state index < -0.39 is 6.10 Å². The van der Waals surface area contributed by atoms with Crippen LogP contribution >= 0.6 is 0 Å². The van der Waals surface area contributed by atoms with Gasteiger partial charge in [-0.1, -0.05) is 20.8 Å². The van der Waals surface area contributed by atoms with E-state index in [4.69, 9.17) is 10.2 Å². The zero-order valence-electron chi connectivity index (χ0n) is 8.58. The molecule has 1 atom stereocenters. The van der Waals surface area contributed by atoms with Crippen molar-refractivity contribution in [3.8, 4) is 0 Å². The van der Waals surface area contributed by atoms with Gasteiger partial charge in [-0.15, -0.1) is 12.3 Å². The van der Waals surface area contributed by atoms with Crippen LogP contribution in [0.3, 0.4) is 0 Å². The zero-order chi connectivity index (χ0) is 10.9. The van der Waals surface area contributed by atoms with Crippen molar-refractivity contribution in [2.45, 2.75) is 32.9 Å². The van der Waals surface area contributed by atoms with E-state index in [2.05, 4.69) is 11.9 Å². The Hall–Kier alpha value is -0.580. The van der Waals surface area contributed by atoms with Crippen LogP contribution < -0.4 is 10.4 Å². The van der Waals surface area contributed by atoms with E-state index in [1.54, 1.807) is 0 Å². The molecular formula is C9H20NO3-. The Labute approximate surface area is 79.9 Å². The number of allylic oxidation sites excluding steroid dienone is 1. The molecule has 0 aliphatic carbocycles. The van der Waals surface area contributed by atoms with Crippen LogP contribution in [0.4, 0.5) is 0 Å². The van der Waals surface area contributed by atoms with E-state index >= 15 is 0 Å². The van der Waals surface area contributed by atoms with Crippen LogP contribution in [0.15, 0.2) is 12.3 Å². The molecule has 0 aliphatic heterocycles. The predicted molar refractivity (Wildman–Crippen MR) is 51.0 cm³/mol. The Morgan fingerprint density at radius 3 is 2.15 bits per heavy atom. The summed E-state index contributed by atoms with van der Waals surface area (Å²) in [4.78, 5) is 0. The summed E-state index contributed by atoms with van der Waals surface area (Å²) in [5.74, 6) is -0.0833. The van der Waals surface area contributed by atoms with Gasteiger partial charge in [0, 0.05) is 12.6 Å². The highest BCUT2D eigenvalue weighted by atomic mass is 16.3. The summed E-state index contributed by atoms with van der Waals surface area (Å²) in [5.41, 5.74) is 0. The van der Waals surface area contributed by atoms with Gasteiger partial charge in [-0.3, -0.25) is 0 Å². The van der Waals surface area contributed by atoms with Crippen LogP contribution in [-0.2, 0) is 0 Å². The van der Waals surface area contributed by atoms with E-state index in [-0.39, 0.29) is 12.4 Å². The van der Waals surface area contributed by atoms with E-state index in [1.807, 2.05) is 13.8 Å². The van der Waals surface area contributed by atoms with Gasteiger partial charge in [0.25, 0.3) is 0 Å². The third kappa shape index (κ3) is 24.6. The van der Waals surface area contributed by atoms with Crippen LogP contribution in [0.5, 0.6) is 0 Å². The van der Waals surface area contributed by atoms with E-state index in [0.29, 0.717) is 12.6 Å². The second kappa shape index (κ2) is 9.51. The lowest BCUT2D eigenvalue weighted by atomic mass is 10.3. The van der Waals surface area contributed by atoms with Crippen LogP contribution in [0.2, 0.25) is 0 Å². The summed E-state index contributed by atoms with van der Waals surface area (Å²) >= 11 is 0. The molecule has 0 amide bonds. The minimum atomic E-state index is -0.618. The van der Waals surface area contributed by atoms with Crippen molar-refractivity contribution in [1.29, 1.82) is 0 Å². The molecule has 0 fully saturated rings. The van der Waals surface area contributed by atoms with Crippen molar-refractivity contribution in [2.75, 3.05) is 13.2 Å². The molecule has 0 heterocycles. The SMILES string of the molecule is C=C(C)[O-].CC(C)NC[C@H](O)CO. The third-order valence-corrected chi connectivity index (χ3v) is 0.972. The summed E-state index contributed by atoms with van der Waals surface area (Å²) in [6, 6.07) is 0.367. The minimum absolute atomic E-state index is 0.0833. The van der Waals surface area contributed by atoms with Gasteiger partial charge in [-0.2, -0.15) is 0 Å². The van der Waals surface area contributed by atoms with Crippen LogP contribution in [0.25, 0.3) is 0 Å². The summed E-state index contributed by atoms with van der Waals surface area (Å²) in [6.45, 7) is 8.70. The van der Waals surface area contributed by atoms with E-state index in [9.17, 15) is 5.11 Å². The molecule has 3 N–H and O–H groups in total. The van der Waals surface area contributed by atoms with Crippen molar-refractivity contribution in [2.24, 2.45) is 0 Å². The van der Waals surface area contributed by atoms with Gasteiger partial charge in [-0.25, -0.2) is 0 Å². The largest absolute Gasteiger partial charge is 0.876 e. The van der Waals surface area contributed by atoms with Gasteiger partial charge < -0.3 is 20.6 Å². The Morgan fingerprint density at radius 2 is 1.92 bits per heavy atom. The number of rotatable bonds is 4. The standard InChI is InChI=1S/C6H15NO2.C3H6O/c1-5(2)7-3-6(9)4-8;1-3(2)4/h5-9H,3-4H2,1-2H3;4H,1H2,2H3/p-1/t6-;/m0./s1. The molecule has 0 radical (unpaired) electrons. The molecule has 0 saturated heterocycles. The third-order valence-electron chi connectivity index (χ3n) is 0.972. The van der Waals surface area contributed by atoms with Gasteiger partial charge in [0.2, 0.25) is 0 Å². The minimum Gasteiger partial charge on any atom is -0.876 e. The Balaban J connectivity index is 0. The lowest BCUT2D eigenvalue weighted by molar-refractivity contribution is -0.300. The molecule has 0 bridgehead atoms. The van der Waals surface area contributed by atoms with Crippen molar-refractivity contribution in [3.63, 3.8) is 0 Å². The van der Waals surface area contributed by atoms with Crippen LogP contribution in [0.1, 0.15) is 20.8 Å². The Morgan fingerprint density at radius 1 is 1.54 bits per heavy atom. The zero-order valence-corrected chi connectivity index (χ0v) is 8.58. The highest BCUT2D eigenvalue weighted by molar-refractivity contribution is 4.64. The molecule has 0 aromatic rings. The van der Waals surface area contributed by atoms with Gasteiger partial charge in [0.05, 0.1) is 12.7 Å². The van der Waals surface area contributed by atoms with Gasteiger partial charge >= 0.3 is 0 Å². The molecule has 0 unspecified atom stereocenters. The number of hydrogen-bond donors (Lipinski definition) is 3. The Bertz CT molecular complexity index is 122. The van der Waals surface area contributed by atoms with Crippen molar-refractivity contribution < 1.29 is 15.3 Å². The van der Waals surface area contributed by atoms with Gasteiger partial charge in [-0.05, 0) is 0 Å². The lowest BCUT2D eigenvalue weighted by Crippen LogP contribution is -2.33. The molecule has 4 nitrogen and oxygen atoms in total. The summed E-state index contributed by atoms with van der Waals surface area (Å²) < 4.78 is 0. The second-order valence-electron chi connectivity index (χ2n) is 3.10. The average Bonchev–Trinajstić information content (AvgIpc) is 1.99. The van der Waals surface area contributed by atoms with Crippen molar-refractivity contribution in [1.82, 2.24) is 5.32 Å². The highest BCUT2D eigenvalue weighted by Gasteiger charge is 2.00. The van der Waals surface area contributed by atoms with Crippen molar-refractivity contribution >= 4 is 0 Å². The van der Waals surface area contributed by atoms with Crippen LogP contribution in [0, 0.1) is 0 Å². The first-order valence-corrected chi connectivity index (χ1v) is 4.25. The number of hydrogen-bond acceptors (Lipinski definition) is 4. The van der Waals surface area contributed by atoms with E-state index in [1.165, 1.54) is 6.92 Å². The van der Waals surface area contributed by atoms with Gasteiger partial charge in [0.1, 0.15) is 0 Å². The molecule has 0 aromatic heterocycles. The first kappa shape index (κ1) is 14.9. The maximum absolute atomic E-state index is 9.33. The highest BCUT2D eigenvalue weighted by Crippen LogP contribution is 1.80. The molecule has 0 aliphatic rings. The molecular weight excluding hydrogens is 170 g/mol. The number of aliphatic hydroxyl groups is 2. The normalized spacial score (nSPS) is 11.8. The number of nitrogens with one attached hydrogen (secondary N) is 1. The summed E-state index contributed by atoms with van der Waals surface area (Å²) in [5, 5.41) is 29.5. The predicted octanol–water partition coefficient (Wildman–Crippen LogP) is -0.782. The van der Waals surface area contributed by atoms with Crippen LogP contribution in [-0.4, -0.2) is 35.5 Å². The summed E-state index contributed by atoms with van der Waals surface area (Å²) in [6.07, 6.45) is -0.618. The second-order valence-corrected chi connectivity index (χ2v) is 3.10. The maximum atomic E-state index is 9.33. The monoisotopic (exact) mass is 190 g/mol. The molecule has 13 heavy (non-hydrogen) atoms. The maximum Gasteiger partial charge on any atom is 0.0895 e. The van der Waals surface area contributed by atoms with Gasteiger partial charge in [0.15, 0.2) is 0 Å². The first-order chi connectivity index (χ1) is 5.90. The lowest BCUT2D eigenvalue weighted by Gasteiger charge is -2.10. The molecule has 4 heteroatoms. The molecule has 0 rings (SSSR count). The molecule has 0 saturated carbocycles. The first-order valence-electron chi connectivity index (χ1n) is 4.25. The topological polar surface area (TPSA) is 75.5 Å². The molecule has 0 spiro atoms. The fourth-order valence-corrected chi connectivity index (χ4v) is 0.436. The molecule has 0 aromatic carbocycles. The average molecular weight is 190 g/mol. The summed E-state index contributed by atoms with van der Waals surface area (Å²) in [7, 11) is 0.